The quantitative estimate of drug-likeness (QED) is 0.794. The average molecular weight is 319 g/mol. The molecule has 96 valence electrons. The highest BCUT2D eigenvalue weighted by molar-refractivity contribution is 9.10. The van der Waals surface area contributed by atoms with Crippen molar-refractivity contribution in [3.8, 4) is 17.6 Å². The highest BCUT2D eigenvalue weighted by Crippen LogP contribution is 2.16. The molecule has 0 saturated carbocycles. The van der Waals surface area contributed by atoms with Gasteiger partial charge in [0.15, 0.2) is 0 Å². The van der Waals surface area contributed by atoms with E-state index in [4.69, 9.17) is 14.7 Å². The van der Waals surface area contributed by atoms with Gasteiger partial charge < -0.3 is 9.47 Å². The first-order chi connectivity index (χ1) is 9.28. The fraction of sp³-hybridized carbons (Fsp3) is 0.143. The van der Waals surface area contributed by atoms with E-state index in [1.54, 1.807) is 30.6 Å². The molecule has 2 rings (SSSR count). The first kappa shape index (κ1) is 13.4. The van der Waals surface area contributed by atoms with Crippen molar-refractivity contribution in [2.75, 3.05) is 13.2 Å². The molecule has 0 aliphatic heterocycles. The van der Waals surface area contributed by atoms with E-state index in [9.17, 15) is 0 Å². The maximum atomic E-state index is 8.77. The van der Waals surface area contributed by atoms with Gasteiger partial charge in [0, 0.05) is 10.7 Å². The van der Waals surface area contributed by atoms with Crippen molar-refractivity contribution in [1.82, 2.24) is 4.98 Å². The number of halogens is 1. The minimum Gasteiger partial charge on any atom is -0.490 e. The number of nitrogens with zero attached hydrogens (tertiary/aromatic N) is 2. The lowest BCUT2D eigenvalue weighted by molar-refractivity contribution is 0.216. The van der Waals surface area contributed by atoms with Crippen LogP contribution in [-0.4, -0.2) is 18.2 Å². The summed E-state index contributed by atoms with van der Waals surface area (Å²) < 4.78 is 11.8. The van der Waals surface area contributed by atoms with Crippen molar-refractivity contribution >= 4 is 15.9 Å². The predicted octanol–water partition coefficient (Wildman–Crippen LogP) is 3.17. The van der Waals surface area contributed by atoms with Crippen LogP contribution >= 0.6 is 15.9 Å². The standard InChI is InChI=1S/C14H11BrN2O2/c15-12-7-14(10-17-9-12)19-5-4-18-13-3-1-2-11(6-13)8-16/h1-3,6-7,9-10H,4-5H2. The van der Waals surface area contributed by atoms with E-state index >= 15 is 0 Å². The Morgan fingerprint density at radius 2 is 1.89 bits per heavy atom. The Morgan fingerprint density at radius 1 is 1.11 bits per heavy atom. The number of rotatable bonds is 5. The molecule has 2 aromatic rings. The van der Waals surface area contributed by atoms with E-state index in [0.717, 1.165) is 4.47 Å². The molecule has 0 radical (unpaired) electrons. The Hall–Kier alpha value is -2.06. The molecule has 0 aliphatic carbocycles. The van der Waals surface area contributed by atoms with Gasteiger partial charge in [0.05, 0.1) is 17.8 Å². The molecule has 0 unspecified atom stereocenters. The smallest absolute Gasteiger partial charge is 0.138 e. The molecule has 0 aliphatic rings. The summed E-state index contributed by atoms with van der Waals surface area (Å²) >= 11 is 3.32. The summed E-state index contributed by atoms with van der Waals surface area (Å²) in [6.07, 6.45) is 3.33. The van der Waals surface area contributed by atoms with Gasteiger partial charge in [-0.25, -0.2) is 0 Å². The van der Waals surface area contributed by atoms with Crippen LogP contribution in [0.3, 0.4) is 0 Å². The highest BCUT2D eigenvalue weighted by atomic mass is 79.9. The zero-order chi connectivity index (χ0) is 13.5. The molecule has 0 bridgehead atoms. The minimum atomic E-state index is 0.404. The van der Waals surface area contributed by atoms with E-state index in [1.807, 2.05) is 12.1 Å². The molecule has 1 aromatic carbocycles. The number of nitriles is 1. The molecule has 0 N–H and O–H groups in total. The summed E-state index contributed by atoms with van der Waals surface area (Å²) in [4.78, 5) is 4.00. The van der Waals surface area contributed by atoms with Gasteiger partial charge in [0.1, 0.15) is 24.7 Å². The normalized spacial score (nSPS) is 9.68. The fourth-order valence-electron chi connectivity index (χ4n) is 1.45. The summed E-state index contributed by atoms with van der Waals surface area (Å²) in [5.74, 6) is 1.35. The van der Waals surface area contributed by atoms with Crippen LogP contribution < -0.4 is 9.47 Å². The molecule has 19 heavy (non-hydrogen) atoms. The van der Waals surface area contributed by atoms with Crippen molar-refractivity contribution in [3.05, 3.63) is 52.8 Å². The zero-order valence-corrected chi connectivity index (χ0v) is 11.6. The lowest BCUT2D eigenvalue weighted by atomic mass is 10.2. The monoisotopic (exact) mass is 318 g/mol. The number of benzene rings is 1. The highest BCUT2D eigenvalue weighted by Gasteiger charge is 1.98. The summed E-state index contributed by atoms with van der Waals surface area (Å²) in [5.41, 5.74) is 0.578. The summed E-state index contributed by atoms with van der Waals surface area (Å²) in [5, 5.41) is 8.77. The third-order valence-corrected chi connectivity index (χ3v) is 2.70. The molecule has 0 atom stereocenters. The molecule has 5 heteroatoms. The Labute approximate surface area is 119 Å². The SMILES string of the molecule is N#Cc1cccc(OCCOc2cncc(Br)c2)c1. The lowest BCUT2D eigenvalue weighted by Crippen LogP contribution is -2.09. The van der Waals surface area contributed by atoms with Crippen LogP contribution in [0, 0.1) is 11.3 Å². The van der Waals surface area contributed by atoms with Crippen molar-refractivity contribution < 1.29 is 9.47 Å². The van der Waals surface area contributed by atoms with Gasteiger partial charge in [-0.2, -0.15) is 5.26 Å². The number of hydrogen-bond acceptors (Lipinski definition) is 4. The zero-order valence-electron chi connectivity index (χ0n) is 10.0. The third kappa shape index (κ3) is 4.27. The first-order valence-electron chi connectivity index (χ1n) is 5.64. The van der Waals surface area contributed by atoms with Crippen LogP contribution in [-0.2, 0) is 0 Å². The molecule has 1 aromatic heterocycles. The Balaban J connectivity index is 1.79. The molecular weight excluding hydrogens is 308 g/mol. The number of hydrogen-bond donors (Lipinski definition) is 0. The van der Waals surface area contributed by atoms with Crippen molar-refractivity contribution in [1.29, 1.82) is 5.26 Å². The minimum absolute atomic E-state index is 0.404. The maximum Gasteiger partial charge on any atom is 0.138 e. The summed E-state index contributed by atoms with van der Waals surface area (Å²) in [7, 11) is 0. The van der Waals surface area contributed by atoms with E-state index in [0.29, 0.717) is 30.3 Å². The molecule has 0 fully saturated rings. The van der Waals surface area contributed by atoms with E-state index < -0.39 is 0 Å². The van der Waals surface area contributed by atoms with Gasteiger partial charge in [0.2, 0.25) is 0 Å². The van der Waals surface area contributed by atoms with Crippen molar-refractivity contribution in [2.45, 2.75) is 0 Å². The van der Waals surface area contributed by atoms with Crippen LogP contribution in [0.5, 0.6) is 11.5 Å². The van der Waals surface area contributed by atoms with Gasteiger partial charge in [-0.15, -0.1) is 0 Å². The predicted molar refractivity (Wildman–Crippen MR) is 74.1 cm³/mol. The van der Waals surface area contributed by atoms with Gasteiger partial charge in [-0.1, -0.05) is 6.07 Å². The van der Waals surface area contributed by atoms with Crippen LogP contribution in [0.2, 0.25) is 0 Å². The van der Waals surface area contributed by atoms with E-state index in [1.165, 1.54) is 0 Å². The maximum absolute atomic E-state index is 8.77. The molecule has 0 spiro atoms. The average Bonchev–Trinajstić information content (AvgIpc) is 2.44. The lowest BCUT2D eigenvalue weighted by Gasteiger charge is -2.08. The Morgan fingerprint density at radius 3 is 2.63 bits per heavy atom. The molecule has 4 nitrogen and oxygen atoms in total. The van der Waals surface area contributed by atoms with E-state index in [-0.39, 0.29) is 0 Å². The van der Waals surface area contributed by atoms with Crippen molar-refractivity contribution in [2.24, 2.45) is 0 Å². The van der Waals surface area contributed by atoms with Gasteiger partial charge in [0.25, 0.3) is 0 Å². The fourth-order valence-corrected chi connectivity index (χ4v) is 1.79. The molecule has 0 saturated heterocycles. The van der Waals surface area contributed by atoms with Gasteiger partial charge in [-0.05, 0) is 40.2 Å². The van der Waals surface area contributed by atoms with Crippen LogP contribution in [0.15, 0.2) is 47.2 Å². The van der Waals surface area contributed by atoms with Crippen LogP contribution in [0.25, 0.3) is 0 Å². The third-order valence-electron chi connectivity index (χ3n) is 2.26. The second kappa shape index (κ2) is 6.76. The molecular formula is C14H11BrN2O2. The molecule has 1 heterocycles. The molecule has 0 amide bonds. The summed E-state index contributed by atoms with van der Waals surface area (Å²) in [6.45, 7) is 0.816. The first-order valence-corrected chi connectivity index (χ1v) is 6.43. The van der Waals surface area contributed by atoms with E-state index in [2.05, 4.69) is 27.0 Å². The van der Waals surface area contributed by atoms with Crippen LogP contribution in [0.1, 0.15) is 5.56 Å². The van der Waals surface area contributed by atoms with Crippen LogP contribution in [0.4, 0.5) is 0 Å². The number of ether oxygens (including phenoxy) is 2. The summed E-state index contributed by atoms with van der Waals surface area (Å²) in [6, 6.07) is 10.9. The Kier molecular flexibility index (Phi) is 4.76. The Bertz CT molecular complexity index is 596. The van der Waals surface area contributed by atoms with Gasteiger partial charge in [-0.3, -0.25) is 4.98 Å². The van der Waals surface area contributed by atoms with Gasteiger partial charge >= 0.3 is 0 Å². The number of aromatic nitrogens is 1. The topological polar surface area (TPSA) is 55.1 Å². The second-order valence-corrected chi connectivity index (χ2v) is 4.59. The number of pyridine rings is 1. The second-order valence-electron chi connectivity index (χ2n) is 3.68. The largest absolute Gasteiger partial charge is 0.490 e. The van der Waals surface area contributed by atoms with Crippen molar-refractivity contribution in [3.63, 3.8) is 0 Å².